The number of alkyl halides is 3. The summed E-state index contributed by atoms with van der Waals surface area (Å²) >= 11 is 1.03. The lowest BCUT2D eigenvalue weighted by Gasteiger charge is -2.30. The van der Waals surface area contributed by atoms with Gasteiger partial charge in [-0.15, -0.1) is 35.3 Å². The summed E-state index contributed by atoms with van der Waals surface area (Å²) in [6.45, 7) is 2.28. The van der Waals surface area contributed by atoms with Gasteiger partial charge in [-0.3, -0.25) is 4.99 Å². The van der Waals surface area contributed by atoms with Crippen molar-refractivity contribution >= 4 is 47.0 Å². The fourth-order valence-electron chi connectivity index (χ4n) is 2.79. The van der Waals surface area contributed by atoms with E-state index in [0.717, 1.165) is 54.3 Å². The third kappa shape index (κ3) is 6.63. The number of hydrogen-bond donors (Lipinski definition) is 1. The first kappa shape index (κ1) is 21.9. The zero-order valence-corrected chi connectivity index (χ0v) is 17.9. The van der Waals surface area contributed by atoms with Crippen molar-refractivity contribution in [1.82, 2.24) is 9.88 Å². The Labute approximate surface area is 177 Å². The lowest BCUT2D eigenvalue weighted by atomic mass is 10.1. The Hall–Kier alpha value is -1.36. The van der Waals surface area contributed by atoms with Crippen molar-refractivity contribution in [2.75, 3.05) is 25.0 Å². The van der Waals surface area contributed by atoms with Gasteiger partial charge in [-0.1, -0.05) is 18.2 Å². The second kappa shape index (κ2) is 10.3. The van der Waals surface area contributed by atoms with Crippen LogP contribution in [-0.4, -0.2) is 35.5 Å². The molecule has 0 atom stereocenters. The monoisotopic (exact) mass is 510 g/mol. The quantitative estimate of drug-likeness (QED) is 0.346. The average molecular weight is 510 g/mol. The minimum atomic E-state index is -4.38. The van der Waals surface area contributed by atoms with Gasteiger partial charge in [0.2, 0.25) is 0 Å². The Bertz CT molecular complexity index is 728. The molecule has 2 heterocycles. The predicted octanol–water partition coefficient (Wildman–Crippen LogP) is 5.28. The van der Waals surface area contributed by atoms with Gasteiger partial charge >= 0.3 is 6.18 Å². The molecule has 0 amide bonds. The molecule has 4 nitrogen and oxygen atoms in total. The first-order chi connectivity index (χ1) is 12.5. The van der Waals surface area contributed by atoms with Gasteiger partial charge in [-0.05, 0) is 31.4 Å². The summed E-state index contributed by atoms with van der Waals surface area (Å²) in [5.41, 5.74) is 0.130. The van der Waals surface area contributed by atoms with E-state index >= 15 is 0 Å². The molecular formula is C18H22F3IN4S. The van der Waals surface area contributed by atoms with E-state index in [2.05, 4.69) is 20.2 Å². The number of nitrogens with zero attached hydrogens (tertiary/aromatic N) is 3. The number of hydrogen-bond acceptors (Lipinski definition) is 3. The highest BCUT2D eigenvalue weighted by atomic mass is 127. The van der Waals surface area contributed by atoms with Crippen LogP contribution in [-0.2, 0) is 12.6 Å². The van der Waals surface area contributed by atoms with Crippen LogP contribution in [0.4, 0.5) is 18.9 Å². The topological polar surface area (TPSA) is 40.5 Å². The van der Waals surface area contributed by atoms with Crippen molar-refractivity contribution in [2.24, 2.45) is 4.99 Å². The molecule has 1 aromatic heterocycles. The number of benzene rings is 1. The summed E-state index contributed by atoms with van der Waals surface area (Å²) in [6.07, 6.45) is -0.525. The van der Waals surface area contributed by atoms with Gasteiger partial charge in [0, 0.05) is 37.1 Å². The maximum Gasteiger partial charge on any atom is 0.434 e. The Morgan fingerprint density at radius 2 is 1.85 bits per heavy atom. The minimum Gasteiger partial charge on any atom is -0.343 e. The molecule has 1 aliphatic rings. The van der Waals surface area contributed by atoms with Crippen molar-refractivity contribution < 1.29 is 13.2 Å². The smallest absolute Gasteiger partial charge is 0.343 e. The molecular weight excluding hydrogens is 488 g/mol. The van der Waals surface area contributed by atoms with Gasteiger partial charge < -0.3 is 10.2 Å². The second-order valence-corrected chi connectivity index (χ2v) is 7.06. The van der Waals surface area contributed by atoms with Crippen LogP contribution in [0.25, 0.3) is 0 Å². The van der Waals surface area contributed by atoms with Crippen LogP contribution < -0.4 is 5.32 Å². The maximum absolute atomic E-state index is 12.6. The number of para-hydroxylation sites is 1. The molecule has 1 fully saturated rings. The minimum absolute atomic E-state index is 0. The predicted molar refractivity (Wildman–Crippen MR) is 114 cm³/mol. The summed E-state index contributed by atoms with van der Waals surface area (Å²) < 4.78 is 37.9. The van der Waals surface area contributed by atoms with E-state index in [1.54, 1.807) is 0 Å². The fraction of sp³-hybridized carbons (Fsp3) is 0.444. The van der Waals surface area contributed by atoms with Gasteiger partial charge in [0.25, 0.3) is 0 Å². The molecule has 0 aliphatic carbocycles. The van der Waals surface area contributed by atoms with Crippen molar-refractivity contribution in [1.29, 1.82) is 0 Å². The number of nitrogens with one attached hydrogen (secondary N) is 1. The zero-order chi connectivity index (χ0) is 18.4. The first-order valence-electron chi connectivity index (χ1n) is 8.65. The highest BCUT2D eigenvalue weighted by Crippen LogP contribution is 2.30. The second-order valence-electron chi connectivity index (χ2n) is 6.12. The van der Waals surface area contributed by atoms with Crippen LogP contribution >= 0.6 is 35.3 Å². The Morgan fingerprint density at radius 3 is 2.48 bits per heavy atom. The molecule has 1 N–H and O–H groups in total. The van der Waals surface area contributed by atoms with Crippen molar-refractivity contribution in [3.63, 3.8) is 0 Å². The highest BCUT2D eigenvalue weighted by Gasteiger charge is 2.33. The molecule has 0 unspecified atom stereocenters. The van der Waals surface area contributed by atoms with Crippen LogP contribution in [0, 0.1) is 0 Å². The molecule has 3 rings (SSSR count). The average Bonchev–Trinajstić information content (AvgIpc) is 3.12. The fourth-order valence-corrected chi connectivity index (χ4v) is 3.58. The molecule has 1 saturated heterocycles. The van der Waals surface area contributed by atoms with E-state index in [-0.39, 0.29) is 24.0 Å². The summed E-state index contributed by atoms with van der Waals surface area (Å²) in [7, 11) is 0. The van der Waals surface area contributed by atoms with Crippen LogP contribution in [0.1, 0.15) is 30.0 Å². The SMILES string of the molecule is FC(F)(F)c1csc(CCN=C(Nc2ccccc2)N2CCCCC2)n1.I. The largest absolute Gasteiger partial charge is 0.434 e. The van der Waals surface area contributed by atoms with Gasteiger partial charge in [0.1, 0.15) is 0 Å². The molecule has 0 saturated carbocycles. The lowest BCUT2D eigenvalue weighted by molar-refractivity contribution is -0.140. The Morgan fingerprint density at radius 1 is 1.15 bits per heavy atom. The van der Waals surface area contributed by atoms with Crippen LogP contribution in [0.15, 0.2) is 40.7 Å². The van der Waals surface area contributed by atoms with Crippen molar-refractivity contribution in [2.45, 2.75) is 31.9 Å². The first-order valence-corrected chi connectivity index (χ1v) is 9.53. The standard InChI is InChI=1S/C18H21F3N4S.HI/c19-18(20,21)15-13-26-16(24-15)9-10-22-17(25-11-5-2-6-12-25)23-14-7-3-1-4-8-14;/h1,3-4,7-8,13H,2,5-6,9-12H2,(H,22,23);1H. The van der Waals surface area contributed by atoms with Gasteiger partial charge in [0.05, 0.1) is 5.01 Å². The van der Waals surface area contributed by atoms with E-state index in [9.17, 15) is 13.2 Å². The molecule has 0 spiro atoms. The number of thiazole rings is 1. The summed E-state index contributed by atoms with van der Waals surface area (Å²) in [5, 5.41) is 4.86. The van der Waals surface area contributed by atoms with Gasteiger partial charge in [-0.2, -0.15) is 13.2 Å². The number of aromatic nitrogens is 1. The van der Waals surface area contributed by atoms with Crippen LogP contribution in [0.5, 0.6) is 0 Å². The Kier molecular flexibility index (Phi) is 8.33. The van der Waals surface area contributed by atoms with E-state index < -0.39 is 11.9 Å². The maximum atomic E-state index is 12.6. The molecule has 0 bridgehead atoms. The molecule has 27 heavy (non-hydrogen) atoms. The normalized spacial score (nSPS) is 15.4. The highest BCUT2D eigenvalue weighted by molar-refractivity contribution is 14.0. The number of rotatable bonds is 4. The molecule has 0 radical (unpaired) electrons. The van der Waals surface area contributed by atoms with Gasteiger partial charge in [-0.25, -0.2) is 4.98 Å². The number of piperidine rings is 1. The van der Waals surface area contributed by atoms with E-state index in [4.69, 9.17) is 0 Å². The Balaban J connectivity index is 0.00000261. The number of guanidine groups is 1. The third-order valence-electron chi connectivity index (χ3n) is 4.11. The van der Waals surface area contributed by atoms with Crippen molar-refractivity contribution in [3.05, 3.63) is 46.4 Å². The zero-order valence-electron chi connectivity index (χ0n) is 14.7. The third-order valence-corrected chi connectivity index (χ3v) is 5.02. The van der Waals surface area contributed by atoms with Crippen molar-refractivity contribution in [3.8, 4) is 0 Å². The molecule has 2 aromatic rings. The molecule has 1 aromatic carbocycles. The summed E-state index contributed by atoms with van der Waals surface area (Å²) in [4.78, 5) is 10.5. The van der Waals surface area contributed by atoms with E-state index in [1.165, 1.54) is 6.42 Å². The number of aliphatic imine (C=N–C) groups is 1. The molecule has 9 heteroatoms. The molecule has 148 valence electrons. The number of anilines is 1. The van der Waals surface area contributed by atoms with Crippen LogP contribution in [0.3, 0.4) is 0 Å². The van der Waals surface area contributed by atoms with Gasteiger partial charge in [0.15, 0.2) is 11.7 Å². The number of likely N-dealkylation sites (tertiary alicyclic amines) is 1. The summed E-state index contributed by atoms with van der Waals surface area (Å²) in [5.74, 6) is 0.781. The van der Waals surface area contributed by atoms with E-state index in [0.29, 0.717) is 18.0 Å². The van der Waals surface area contributed by atoms with E-state index in [1.807, 2.05) is 30.3 Å². The lowest BCUT2D eigenvalue weighted by Crippen LogP contribution is -2.40. The van der Waals surface area contributed by atoms with Crippen LogP contribution in [0.2, 0.25) is 0 Å². The number of halogens is 4. The molecule has 1 aliphatic heterocycles. The summed E-state index contributed by atoms with van der Waals surface area (Å²) in [6, 6.07) is 9.78.